The Bertz CT molecular complexity index is 692. The molecule has 1 atom stereocenters. The fraction of sp³-hybridized carbons (Fsp3) is 0.500. The summed E-state index contributed by atoms with van der Waals surface area (Å²) in [5.41, 5.74) is 1.88. The second-order valence-electron chi connectivity index (χ2n) is 6.38. The molecule has 1 unspecified atom stereocenters. The summed E-state index contributed by atoms with van der Waals surface area (Å²) in [5.74, 6) is -0.0301. The number of pyridine rings is 1. The predicted molar refractivity (Wildman–Crippen MR) is 96.3 cm³/mol. The number of carbonyl (C=O) groups is 1. The van der Waals surface area contributed by atoms with Crippen LogP contribution in [-0.4, -0.2) is 39.9 Å². The first-order valence-electron chi connectivity index (χ1n) is 8.43. The number of rotatable bonds is 4. The van der Waals surface area contributed by atoms with Crippen molar-refractivity contribution in [1.29, 1.82) is 0 Å². The lowest BCUT2D eigenvalue weighted by molar-refractivity contribution is 0.0891. The molecule has 0 aliphatic carbocycles. The third-order valence-electron chi connectivity index (χ3n) is 4.72. The van der Waals surface area contributed by atoms with Crippen molar-refractivity contribution < 1.29 is 4.79 Å². The van der Waals surface area contributed by atoms with Crippen LogP contribution in [0.3, 0.4) is 0 Å². The van der Waals surface area contributed by atoms with Crippen LogP contribution in [0.15, 0.2) is 24.5 Å². The van der Waals surface area contributed by atoms with Crippen LogP contribution in [-0.2, 0) is 0 Å². The molecule has 1 fully saturated rings. The molecule has 1 N–H and O–H groups in total. The molecule has 2 aromatic rings. The number of hydrogen-bond acceptors (Lipinski definition) is 5. The zero-order valence-corrected chi connectivity index (χ0v) is 15.3. The van der Waals surface area contributed by atoms with Crippen molar-refractivity contribution in [2.24, 2.45) is 0 Å². The molecule has 2 aromatic heterocycles. The van der Waals surface area contributed by atoms with E-state index in [-0.39, 0.29) is 11.9 Å². The summed E-state index contributed by atoms with van der Waals surface area (Å²) < 4.78 is 0. The Hall–Kier alpha value is -1.79. The highest BCUT2D eigenvalue weighted by Crippen LogP contribution is 2.24. The molecular formula is C18H24N4OS. The van der Waals surface area contributed by atoms with E-state index in [2.05, 4.69) is 39.2 Å². The van der Waals surface area contributed by atoms with E-state index >= 15 is 0 Å². The van der Waals surface area contributed by atoms with E-state index in [1.54, 1.807) is 11.3 Å². The molecule has 0 bridgehead atoms. The predicted octanol–water partition coefficient (Wildman–Crippen LogP) is 3.11. The van der Waals surface area contributed by atoms with Crippen LogP contribution in [0.1, 0.15) is 51.7 Å². The smallest absolute Gasteiger partial charge is 0.271 e. The van der Waals surface area contributed by atoms with Gasteiger partial charge in [-0.05, 0) is 51.3 Å². The number of piperidine rings is 1. The van der Waals surface area contributed by atoms with Gasteiger partial charge in [0.2, 0.25) is 0 Å². The number of aryl methyl sites for hydroxylation is 2. The van der Waals surface area contributed by atoms with Gasteiger partial charge in [0.05, 0.1) is 5.01 Å². The molecule has 0 spiro atoms. The molecule has 1 saturated heterocycles. The lowest BCUT2D eigenvalue weighted by atomic mass is 10.0. The van der Waals surface area contributed by atoms with Gasteiger partial charge in [-0.25, -0.2) is 4.98 Å². The van der Waals surface area contributed by atoms with E-state index < -0.39 is 0 Å². The number of hydrogen-bond donors (Lipinski definition) is 1. The monoisotopic (exact) mass is 344 g/mol. The summed E-state index contributed by atoms with van der Waals surface area (Å²) in [6.45, 7) is 8.11. The normalized spacial score (nSPS) is 17.6. The second-order valence-corrected chi connectivity index (χ2v) is 7.79. The lowest BCUT2D eigenvalue weighted by Crippen LogP contribution is -2.45. The summed E-state index contributed by atoms with van der Waals surface area (Å²) >= 11 is 1.58. The first-order chi connectivity index (χ1) is 11.5. The van der Waals surface area contributed by atoms with Gasteiger partial charge in [-0.3, -0.25) is 14.7 Å². The Morgan fingerprint density at radius 3 is 2.54 bits per heavy atom. The summed E-state index contributed by atoms with van der Waals surface area (Å²) in [7, 11) is 0. The summed E-state index contributed by atoms with van der Waals surface area (Å²) in [6.07, 6.45) is 5.64. The molecule has 5 nitrogen and oxygen atoms in total. The van der Waals surface area contributed by atoms with Crippen molar-refractivity contribution in [2.75, 3.05) is 13.1 Å². The van der Waals surface area contributed by atoms with Gasteiger partial charge in [0.25, 0.3) is 5.91 Å². The van der Waals surface area contributed by atoms with Gasteiger partial charge < -0.3 is 5.32 Å². The minimum atomic E-state index is -0.0301. The standard InChI is InChI=1S/C18H24N4OS/c1-12(15-4-8-19-9-5-15)22-10-6-16(7-11-22)21-18(23)17-13(2)24-14(3)20-17/h4-5,8-9,12,16H,6-7,10-11H2,1-3H3,(H,21,23). The fourth-order valence-corrected chi connectivity index (χ4v) is 4.09. The van der Waals surface area contributed by atoms with E-state index in [0.717, 1.165) is 35.8 Å². The number of amides is 1. The highest BCUT2D eigenvalue weighted by atomic mass is 32.1. The van der Waals surface area contributed by atoms with Crippen molar-refractivity contribution in [2.45, 2.75) is 45.7 Å². The van der Waals surface area contributed by atoms with Gasteiger partial charge in [-0.15, -0.1) is 11.3 Å². The molecule has 1 amide bonds. The minimum Gasteiger partial charge on any atom is -0.348 e. The Kier molecular flexibility index (Phi) is 5.26. The minimum absolute atomic E-state index is 0.0301. The highest BCUT2D eigenvalue weighted by Gasteiger charge is 2.25. The third kappa shape index (κ3) is 3.82. The Labute approximate surface area is 147 Å². The van der Waals surface area contributed by atoms with Crippen molar-refractivity contribution in [3.63, 3.8) is 0 Å². The van der Waals surface area contributed by atoms with Gasteiger partial charge in [0.1, 0.15) is 5.69 Å². The van der Waals surface area contributed by atoms with Gasteiger partial charge in [0.15, 0.2) is 0 Å². The van der Waals surface area contributed by atoms with Gasteiger partial charge >= 0.3 is 0 Å². The largest absolute Gasteiger partial charge is 0.348 e. The first-order valence-corrected chi connectivity index (χ1v) is 9.25. The Balaban J connectivity index is 1.54. The van der Waals surface area contributed by atoms with Gasteiger partial charge in [0, 0.05) is 42.4 Å². The van der Waals surface area contributed by atoms with Crippen LogP contribution in [0, 0.1) is 13.8 Å². The molecule has 1 aliphatic heterocycles. The Morgan fingerprint density at radius 1 is 1.29 bits per heavy atom. The molecule has 0 saturated carbocycles. The number of nitrogens with zero attached hydrogens (tertiary/aromatic N) is 3. The molecule has 24 heavy (non-hydrogen) atoms. The van der Waals surface area contributed by atoms with E-state index in [4.69, 9.17) is 0 Å². The average molecular weight is 344 g/mol. The fourth-order valence-electron chi connectivity index (χ4n) is 3.28. The van der Waals surface area contributed by atoms with Crippen LogP contribution >= 0.6 is 11.3 Å². The number of nitrogens with one attached hydrogen (secondary N) is 1. The maximum absolute atomic E-state index is 12.4. The number of carbonyl (C=O) groups excluding carboxylic acids is 1. The maximum Gasteiger partial charge on any atom is 0.271 e. The zero-order valence-electron chi connectivity index (χ0n) is 14.5. The SMILES string of the molecule is Cc1nc(C(=O)NC2CCN(C(C)c3ccncc3)CC2)c(C)s1. The molecule has 128 valence electrons. The molecule has 0 aromatic carbocycles. The molecule has 1 aliphatic rings. The summed E-state index contributed by atoms with van der Waals surface area (Å²) in [6, 6.07) is 4.77. The van der Waals surface area contributed by atoms with Crippen molar-refractivity contribution in [3.8, 4) is 0 Å². The van der Waals surface area contributed by atoms with Crippen molar-refractivity contribution in [1.82, 2.24) is 20.2 Å². The topological polar surface area (TPSA) is 58.1 Å². The second kappa shape index (κ2) is 7.40. The summed E-state index contributed by atoms with van der Waals surface area (Å²) in [5, 5.41) is 4.10. The van der Waals surface area contributed by atoms with Crippen molar-refractivity contribution >= 4 is 17.2 Å². The third-order valence-corrected chi connectivity index (χ3v) is 5.61. The quantitative estimate of drug-likeness (QED) is 0.926. The Morgan fingerprint density at radius 2 is 1.96 bits per heavy atom. The van der Waals surface area contributed by atoms with Crippen LogP contribution in [0.4, 0.5) is 0 Å². The van der Waals surface area contributed by atoms with Crippen LogP contribution in [0.5, 0.6) is 0 Å². The highest BCUT2D eigenvalue weighted by molar-refractivity contribution is 7.11. The molecule has 3 heterocycles. The number of thiazole rings is 1. The van der Waals surface area contributed by atoms with Gasteiger partial charge in [-0.2, -0.15) is 0 Å². The molecular weight excluding hydrogens is 320 g/mol. The van der Waals surface area contributed by atoms with E-state index in [0.29, 0.717) is 11.7 Å². The van der Waals surface area contributed by atoms with Crippen LogP contribution in [0.25, 0.3) is 0 Å². The van der Waals surface area contributed by atoms with E-state index in [1.165, 1.54) is 5.56 Å². The molecule has 0 radical (unpaired) electrons. The van der Waals surface area contributed by atoms with E-state index in [1.807, 2.05) is 26.2 Å². The van der Waals surface area contributed by atoms with Crippen molar-refractivity contribution in [3.05, 3.63) is 45.7 Å². The summed E-state index contributed by atoms with van der Waals surface area (Å²) in [4.78, 5) is 24.3. The first kappa shape index (κ1) is 17.0. The average Bonchev–Trinajstić information content (AvgIpc) is 2.94. The van der Waals surface area contributed by atoms with Gasteiger partial charge in [-0.1, -0.05) is 0 Å². The molecule has 6 heteroatoms. The number of likely N-dealkylation sites (tertiary alicyclic amines) is 1. The van der Waals surface area contributed by atoms with E-state index in [9.17, 15) is 4.79 Å². The molecule has 3 rings (SSSR count). The zero-order chi connectivity index (χ0) is 17.1. The number of aromatic nitrogens is 2. The lowest BCUT2D eigenvalue weighted by Gasteiger charge is -2.36. The van der Waals surface area contributed by atoms with Crippen LogP contribution in [0.2, 0.25) is 0 Å². The maximum atomic E-state index is 12.4. The van der Waals surface area contributed by atoms with Crippen LogP contribution < -0.4 is 5.32 Å².